The van der Waals surface area contributed by atoms with Crippen LogP contribution >= 0.6 is 0 Å². The third kappa shape index (κ3) is 5.60. The standard InChI is InChI=1S/C14H24N4O4S/c1-22-8-5-14(19)17-9-12(3-7-16-23(2,20)21)10-18-13(11-17)4-6-15-18/h4,6,12,16H,3,5,7-11H2,1-2H3/t12-/m0/s1. The number of hydrogen-bond acceptors (Lipinski definition) is 5. The first-order valence-corrected chi connectivity index (χ1v) is 9.50. The second kappa shape index (κ2) is 7.89. The highest BCUT2D eigenvalue weighted by atomic mass is 32.2. The molecule has 0 saturated heterocycles. The highest BCUT2D eigenvalue weighted by Gasteiger charge is 2.25. The number of ether oxygens (including phenoxy) is 1. The van der Waals surface area contributed by atoms with E-state index in [9.17, 15) is 13.2 Å². The van der Waals surface area contributed by atoms with Gasteiger partial charge in [0.2, 0.25) is 15.9 Å². The number of nitrogens with one attached hydrogen (secondary N) is 1. The minimum absolute atomic E-state index is 0.0440. The van der Waals surface area contributed by atoms with Crippen LogP contribution in [0, 0.1) is 5.92 Å². The van der Waals surface area contributed by atoms with Gasteiger partial charge in [0.15, 0.2) is 0 Å². The quantitative estimate of drug-likeness (QED) is 0.740. The van der Waals surface area contributed by atoms with E-state index >= 15 is 0 Å². The molecule has 9 heteroatoms. The summed E-state index contributed by atoms with van der Waals surface area (Å²) in [6, 6.07) is 1.91. The third-order valence-corrected chi connectivity index (χ3v) is 4.59. The molecule has 0 aliphatic carbocycles. The predicted molar refractivity (Wildman–Crippen MR) is 85.1 cm³/mol. The number of methoxy groups -OCH3 is 1. The first-order valence-electron chi connectivity index (χ1n) is 7.61. The van der Waals surface area contributed by atoms with Gasteiger partial charge in [-0.1, -0.05) is 0 Å². The molecule has 1 atom stereocenters. The molecule has 1 N–H and O–H groups in total. The lowest BCUT2D eigenvalue weighted by atomic mass is 10.1. The second-order valence-corrected chi connectivity index (χ2v) is 7.68. The summed E-state index contributed by atoms with van der Waals surface area (Å²) in [5.74, 6) is 0.194. The topological polar surface area (TPSA) is 93.5 Å². The molecular weight excluding hydrogens is 320 g/mol. The van der Waals surface area contributed by atoms with Crippen molar-refractivity contribution >= 4 is 15.9 Å². The zero-order valence-electron chi connectivity index (χ0n) is 13.6. The Labute approximate surface area is 136 Å². The maximum absolute atomic E-state index is 12.3. The summed E-state index contributed by atoms with van der Waals surface area (Å²) >= 11 is 0. The second-order valence-electron chi connectivity index (χ2n) is 5.84. The number of amides is 1. The molecule has 0 bridgehead atoms. The smallest absolute Gasteiger partial charge is 0.225 e. The van der Waals surface area contributed by atoms with Crippen molar-refractivity contribution in [2.45, 2.75) is 25.9 Å². The zero-order valence-corrected chi connectivity index (χ0v) is 14.4. The minimum atomic E-state index is -3.20. The number of rotatable bonds is 7. The Hall–Kier alpha value is -1.45. The maximum atomic E-state index is 12.3. The Balaban J connectivity index is 2.02. The van der Waals surface area contributed by atoms with Crippen LogP contribution in [0.5, 0.6) is 0 Å². The molecule has 130 valence electrons. The number of aromatic nitrogens is 2. The predicted octanol–water partition coefficient (Wildman–Crippen LogP) is -0.183. The number of carbonyl (C=O) groups excluding carboxylic acids is 1. The van der Waals surface area contributed by atoms with Gasteiger partial charge in [-0.15, -0.1) is 0 Å². The van der Waals surface area contributed by atoms with E-state index in [1.165, 1.54) is 0 Å². The molecule has 2 rings (SSSR count). The fourth-order valence-corrected chi connectivity index (χ4v) is 3.19. The van der Waals surface area contributed by atoms with Crippen molar-refractivity contribution in [1.29, 1.82) is 0 Å². The Bertz CT molecular complexity index is 628. The molecule has 1 aliphatic heterocycles. The molecule has 1 aliphatic rings. The molecule has 8 nitrogen and oxygen atoms in total. The van der Waals surface area contributed by atoms with Gasteiger partial charge in [-0.3, -0.25) is 9.48 Å². The maximum Gasteiger partial charge on any atom is 0.225 e. The first kappa shape index (κ1) is 17.9. The van der Waals surface area contributed by atoms with Gasteiger partial charge in [0.05, 0.1) is 31.5 Å². The summed E-state index contributed by atoms with van der Waals surface area (Å²) in [4.78, 5) is 14.1. The van der Waals surface area contributed by atoms with Crippen molar-refractivity contribution in [3.05, 3.63) is 18.0 Å². The lowest BCUT2D eigenvalue weighted by molar-refractivity contribution is -0.133. The number of hydrogen-bond donors (Lipinski definition) is 1. The molecule has 0 radical (unpaired) electrons. The summed E-state index contributed by atoms with van der Waals surface area (Å²) in [7, 11) is -1.62. The molecule has 1 amide bonds. The van der Waals surface area contributed by atoms with E-state index < -0.39 is 10.0 Å². The van der Waals surface area contributed by atoms with Crippen molar-refractivity contribution in [2.75, 3.05) is 33.1 Å². The van der Waals surface area contributed by atoms with Crippen molar-refractivity contribution in [2.24, 2.45) is 5.92 Å². The molecule has 0 aromatic carbocycles. The zero-order chi connectivity index (χ0) is 16.9. The summed E-state index contributed by atoms with van der Waals surface area (Å²) in [5, 5.41) is 4.30. The van der Waals surface area contributed by atoms with Gasteiger partial charge in [-0.2, -0.15) is 5.10 Å². The van der Waals surface area contributed by atoms with E-state index in [-0.39, 0.29) is 11.8 Å². The first-order chi connectivity index (χ1) is 10.9. The van der Waals surface area contributed by atoms with Gasteiger partial charge in [-0.25, -0.2) is 13.1 Å². The molecule has 0 unspecified atom stereocenters. The van der Waals surface area contributed by atoms with Crippen LogP contribution in [0.2, 0.25) is 0 Å². The lowest BCUT2D eigenvalue weighted by Crippen LogP contribution is -2.35. The van der Waals surface area contributed by atoms with Crippen LogP contribution in [0.15, 0.2) is 12.3 Å². The largest absolute Gasteiger partial charge is 0.384 e. The fraction of sp³-hybridized carbons (Fsp3) is 0.714. The average molecular weight is 344 g/mol. The average Bonchev–Trinajstić information content (AvgIpc) is 2.82. The van der Waals surface area contributed by atoms with Gasteiger partial charge in [-0.05, 0) is 18.4 Å². The Kier molecular flexibility index (Phi) is 6.14. The van der Waals surface area contributed by atoms with E-state index in [2.05, 4.69) is 9.82 Å². The lowest BCUT2D eigenvalue weighted by Gasteiger charge is -2.24. The van der Waals surface area contributed by atoms with Crippen LogP contribution in [-0.4, -0.2) is 62.1 Å². The highest BCUT2D eigenvalue weighted by molar-refractivity contribution is 7.88. The molecule has 23 heavy (non-hydrogen) atoms. The van der Waals surface area contributed by atoms with Gasteiger partial charge < -0.3 is 9.64 Å². The van der Waals surface area contributed by atoms with Gasteiger partial charge in [0, 0.05) is 32.9 Å². The molecular formula is C14H24N4O4S. The van der Waals surface area contributed by atoms with Crippen molar-refractivity contribution in [1.82, 2.24) is 19.4 Å². The summed E-state index contributed by atoms with van der Waals surface area (Å²) in [5.41, 5.74) is 0.995. The summed E-state index contributed by atoms with van der Waals surface area (Å²) < 4.78 is 31.7. The number of nitrogens with zero attached hydrogens (tertiary/aromatic N) is 3. The molecule has 0 fully saturated rings. The van der Waals surface area contributed by atoms with E-state index in [1.807, 2.05) is 15.6 Å². The fourth-order valence-electron chi connectivity index (χ4n) is 2.70. The minimum Gasteiger partial charge on any atom is -0.384 e. The Morgan fingerprint density at radius 2 is 2.26 bits per heavy atom. The van der Waals surface area contributed by atoms with Crippen molar-refractivity contribution in [3.8, 4) is 0 Å². The summed E-state index contributed by atoms with van der Waals surface area (Å²) in [6.45, 7) is 2.56. The van der Waals surface area contributed by atoms with Gasteiger partial charge >= 0.3 is 0 Å². The van der Waals surface area contributed by atoms with Crippen LogP contribution in [0.1, 0.15) is 18.5 Å². The molecule has 1 aromatic heterocycles. The van der Waals surface area contributed by atoms with Crippen LogP contribution in [-0.2, 0) is 32.6 Å². The van der Waals surface area contributed by atoms with Gasteiger partial charge in [0.25, 0.3) is 0 Å². The van der Waals surface area contributed by atoms with E-state index in [0.29, 0.717) is 45.6 Å². The Morgan fingerprint density at radius 3 is 2.96 bits per heavy atom. The van der Waals surface area contributed by atoms with E-state index in [0.717, 1.165) is 11.9 Å². The van der Waals surface area contributed by atoms with Crippen LogP contribution < -0.4 is 4.72 Å². The SMILES string of the molecule is COCCC(=O)N1Cc2ccnn2C[C@@H](CCNS(C)(=O)=O)C1. The van der Waals surface area contributed by atoms with E-state index in [1.54, 1.807) is 13.3 Å². The number of sulfonamides is 1. The normalized spacial score (nSPS) is 18.5. The van der Waals surface area contributed by atoms with Crippen molar-refractivity contribution < 1.29 is 17.9 Å². The Morgan fingerprint density at radius 1 is 1.48 bits per heavy atom. The number of carbonyl (C=O) groups is 1. The van der Waals surface area contributed by atoms with Crippen LogP contribution in [0.4, 0.5) is 0 Å². The molecule has 1 aromatic rings. The molecule has 0 spiro atoms. The van der Waals surface area contributed by atoms with Crippen LogP contribution in [0.25, 0.3) is 0 Å². The van der Waals surface area contributed by atoms with Crippen LogP contribution in [0.3, 0.4) is 0 Å². The highest BCUT2D eigenvalue weighted by Crippen LogP contribution is 2.18. The number of fused-ring (bicyclic) bond motifs is 1. The molecule has 0 saturated carbocycles. The molecule has 2 heterocycles. The summed E-state index contributed by atoms with van der Waals surface area (Å²) in [6.07, 6.45) is 3.87. The van der Waals surface area contributed by atoms with Gasteiger partial charge in [0.1, 0.15) is 0 Å². The van der Waals surface area contributed by atoms with Crippen molar-refractivity contribution in [3.63, 3.8) is 0 Å². The monoisotopic (exact) mass is 344 g/mol. The van der Waals surface area contributed by atoms with E-state index in [4.69, 9.17) is 4.74 Å². The third-order valence-electron chi connectivity index (χ3n) is 3.86.